The Hall–Kier alpha value is -3.81. The zero-order valence-corrected chi connectivity index (χ0v) is 15.2. The van der Waals surface area contributed by atoms with E-state index in [9.17, 15) is 0 Å². The molecule has 0 amide bonds. The molecule has 1 aliphatic rings. The Morgan fingerprint density at radius 2 is 2.04 bits per heavy atom. The summed E-state index contributed by atoms with van der Waals surface area (Å²) in [5.41, 5.74) is 3.92. The van der Waals surface area contributed by atoms with Crippen LogP contribution in [0, 0.1) is 0 Å². The molecule has 5 rings (SSSR count). The van der Waals surface area contributed by atoms with E-state index < -0.39 is 5.54 Å². The number of benzene rings is 1. The molecule has 1 unspecified atom stereocenters. The number of nitrogens with zero attached hydrogens (tertiary/aromatic N) is 6. The van der Waals surface area contributed by atoms with Crippen molar-refractivity contribution >= 4 is 6.21 Å². The zero-order valence-electron chi connectivity index (χ0n) is 15.2. The van der Waals surface area contributed by atoms with Gasteiger partial charge in [-0.1, -0.05) is 12.1 Å². The molecule has 28 heavy (non-hydrogen) atoms. The number of aromatic nitrogens is 7. The number of imidazole rings is 1. The van der Waals surface area contributed by atoms with Crippen molar-refractivity contribution in [2.24, 2.45) is 4.99 Å². The highest BCUT2D eigenvalue weighted by Crippen LogP contribution is 2.30. The van der Waals surface area contributed by atoms with Gasteiger partial charge in [-0.25, -0.2) is 4.98 Å². The van der Waals surface area contributed by atoms with Crippen molar-refractivity contribution in [3.63, 3.8) is 0 Å². The number of aromatic amines is 2. The third-order valence-corrected chi connectivity index (χ3v) is 4.89. The van der Waals surface area contributed by atoms with Gasteiger partial charge in [-0.3, -0.25) is 4.99 Å². The Morgan fingerprint density at radius 1 is 1.14 bits per heavy atom. The Labute approximate surface area is 161 Å². The maximum Gasteiger partial charge on any atom is 0.221 e. The molecular formula is C20H18N8. The molecule has 2 N–H and O–H groups in total. The summed E-state index contributed by atoms with van der Waals surface area (Å²) in [5.74, 6) is 1.43. The van der Waals surface area contributed by atoms with Gasteiger partial charge in [-0.2, -0.15) is 5.21 Å². The van der Waals surface area contributed by atoms with Gasteiger partial charge in [0.15, 0.2) is 0 Å². The molecule has 0 spiro atoms. The minimum atomic E-state index is -0.413. The van der Waals surface area contributed by atoms with Crippen LogP contribution in [0.2, 0.25) is 0 Å². The number of nitrogens with one attached hydrogen (secondary N) is 2. The first-order chi connectivity index (χ1) is 13.7. The maximum atomic E-state index is 4.65. The fourth-order valence-electron chi connectivity index (χ4n) is 3.49. The lowest BCUT2D eigenvalue weighted by Crippen LogP contribution is -2.15. The van der Waals surface area contributed by atoms with Crippen LogP contribution in [-0.4, -0.2) is 41.4 Å². The van der Waals surface area contributed by atoms with E-state index in [1.165, 1.54) is 11.1 Å². The van der Waals surface area contributed by atoms with Gasteiger partial charge in [0.05, 0.1) is 5.69 Å². The SMILES string of the molecule is CC1(c2ncc[nH]2)C=C(Cc2ccc(-n3cccc3-c3nn[nH]n3)cc2)C=N1. The van der Waals surface area contributed by atoms with E-state index in [1.807, 2.05) is 35.3 Å². The van der Waals surface area contributed by atoms with E-state index in [0.29, 0.717) is 5.82 Å². The number of allylic oxidation sites excluding steroid dienone is 1. The summed E-state index contributed by atoms with van der Waals surface area (Å²) in [6.45, 7) is 2.06. The van der Waals surface area contributed by atoms with Crippen LogP contribution in [0.4, 0.5) is 0 Å². The van der Waals surface area contributed by atoms with Crippen molar-refractivity contribution in [1.82, 2.24) is 35.2 Å². The van der Waals surface area contributed by atoms with Crippen molar-refractivity contribution in [3.8, 4) is 17.2 Å². The topological polar surface area (TPSA) is 100 Å². The first-order valence-corrected chi connectivity index (χ1v) is 8.99. The molecule has 0 bridgehead atoms. The quantitative estimate of drug-likeness (QED) is 0.564. The summed E-state index contributed by atoms with van der Waals surface area (Å²) in [6, 6.07) is 12.4. The van der Waals surface area contributed by atoms with Gasteiger partial charge in [0, 0.05) is 30.5 Å². The van der Waals surface area contributed by atoms with Gasteiger partial charge in [0.2, 0.25) is 5.82 Å². The van der Waals surface area contributed by atoms with Gasteiger partial charge in [0.1, 0.15) is 11.4 Å². The molecule has 4 aromatic rings. The monoisotopic (exact) mass is 370 g/mol. The lowest BCUT2D eigenvalue weighted by atomic mass is 9.99. The second kappa shape index (κ2) is 6.41. The lowest BCUT2D eigenvalue weighted by molar-refractivity contribution is 0.603. The van der Waals surface area contributed by atoms with E-state index >= 15 is 0 Å². The van der Waals surface area contributed by atoms with Crippen LogP contribution in [-0.2, 0) is 12.0 Å². The maximum absolute atomic E-state index is 4.65. The molecule has 8 nitrogen and oxygen atoms in total. The van der Waals surface area contributed by atoms with Crippen LogP contribution in [0.25, 0.3) is 17.2 Å². The minimum absolute atomic E-state index is 0.413. The lowest BCUT2D eigenvalue weighted by Gasteiger charge is -2.14. The Balaban J connectivity index is 1.36. The van der Waals surface area contributed by atoms with Crippen molar-refractivity contribution < 1.29 is 0 Å². The summed E-state index contributed by atoms with van der Waals surface area (Å²) in [4.78, 5) is 12.1. The number of tetrazole rings is 1. The number of rotatable bonds is 5. The van der Waals surface area contributed by atoms with Gasteiger partial charge < -0.3 is 9.55 Å². The molecule has 0 aliphatic carbocycles. The van der Waals surface area contributed by atoms with Crippen molar-refractivity contribution in [1.29, 1.82) is 0 Å². The molecule has 0 radical (unpaired) electrons. The number of hydrogen-bond donors (Lipinski definition) is 2. The van der Waals surface area contributed by atoms with Crippen LogP contribution in [0.3, 0.4) is 0 Å². The van der Waals surface area contributed by atoms with E-state index in [-0.39, 0.29) is 0 Å². The Kier molecular flexibility index (Phi) is 3.75. The van der Waals surface area contributed by atoms with E-state index in [1.54, 1.807) is 6.20 Å². The third-order valence-electron chi connectivity index (χ3n) is 4.89. The second-order valence-electron chi connectivity index (χ2n) is 6.90. The van der Waals surface area contributed by atoms with Gasteiger partial charge in [-0.05, 0) is 60.0 Å². The van der Waals surface area contributed by atoms with E-state index in [0.717, 1.165) is 23.6 Å². The molecule has 1 atom stereocenters. The normalized spacial score (nSPS) is 18.5. The minimum Gasteiger partial charge on any atom is -0.346 e. The third kappa shape index (κ3) is 2.84. The van der Waals surface area contributed by atoms with Crippen LogP contribution in [0.15, 0.2) is 71.6 Å². The van der Waals surface area contributed by atoms with E-state index in [4.69, 9.17) is 0 Å². The predicted molar refractivity (Wildman–Crippen MR) is 105 cm³/mol. The Bertz CT molecular complexity index is 1130. The molecule has 0 saturated heterocycles. The molecule has 1 aliphatic heterocycles. The van der Waals surface area contributed by atoms with Crippen LogP contribution < -0.4 is 0 Å². The number of H-pyrrole nitrogens is 2. The first-order valence-electron chi connectivity index (χ1n) is 8.99. The van der Waals surface area contributed by atoms with Crippen molar-refractivity contribution in [2.75, 3.05) is 0 Å². The molecule has 4 heterocycles. The first kappa shape index (κ1) is 16.4. The Morgan fingerprint density at radius 3 is 2.79 bits per heavy atom. The fraction of sp³-hybridized carbons (Fsp3) is 0.150. The van der Waals surface area contributed by atoms with Crippen molar-refractivity contribution in [2.45, 2.75) is 18.9 Å². The molecule has 1 aromatic carbocycles. The standard InChI is InChI=1S/C20H18N8/c1-20(19-21-8-9-22-19)12-15(13-23-20)11-14-4-6-16(7-5-14)28-10-2-3-17(28)18-24-26-27-25-18/h2-10,12-13H,11H2,1H3,(H,21,22)(H,24,25,26,27). The summed E-state index contributed by atoms with van der Waals surface area (Å²) >= 11 is 0. The average Bonchev–Trinajstić information content (AvgIpc) is 3.49. The zero-order chi connectivity index (χ0) is 19.0. The van der Waals surface area contributed by atoms with Gasteiger partial charge >= 0.3 is 0 Å². The largest absolute Gasteiger partial charge is 0.346 e. The molecule has 0 fully saturated rings. The number of aliphatic imine (C=N–C) groups is 1. The summed E-state index contributed by atoms with van der Waals surface area (Å²) in [6.07, 6.45) is 10.5. The summed E-state index contributed by atoms with van der Waals surface area (Å²) in [5, 5.41) is 14.3. The van der Waals surface area contributed by atoms with Crippen LogP contribution >= 0.6 is 0 Å². The van der Waals surface area contributed by atoms with E-state index in [2.05, 4.69) is 72.8 Å². The smallest absolute Gasteiger partial charge is 0.221 e. The highest BCUT2D eigenvalue weighted by molar-refractivity contribution is 5.83. The predicted octanol–water partition coefficient (Wildman–Crippen LogP) is 2.85. The molecule has 138 valence electrons. The summed E-state index contributed by atoms with van der Waals surface area (Å²) in [7, 11) is 0. The molecule has 8 heteroatoms. The average molecular weight is 370 g/mol. The van der Waals surface area contributed by atoms with Crippen LogP contribution in [0.5, 0.6) is 0 Å². The van der Waals surface area contributed by atoms with Gasteiger partial charge in [-0.15, -0.1) is 10.2 Å². The summed E-state index contributed by atoms with van der Waals surface area (Å²) < 4.78 is 2.04. The molecule has 0 saturated carbocycles. The highest BCUT2D eigenvalue weighted by atomic mass is 15.5. The highest BCUT2D eigenvalue weighted by Gasteiger charge is 2.29. The van der Waals surface area contributed by atoms with Crippen LogP contribution in [0.1, 0.15) is 18.3 Å². The van der Waals surface area contributed by atoms with Crippen molar-refractivity contribution in [3.05, 3.63) is 78.0 Å². The van der Waals surface area contributed by atoms with Gasteiger partial charge in [0.25, 0.3) is 0 Å². The fourth-order valence-corrected chi connectivity index (χ4v) is 3.49. The molecule has 3 aromatic heterocycles. The molecular weight excluding hydrogens is 352 g/mol. The second-order valence-corrected chi connectivity index (χ2v) is 6.90. The number of hydrogen-bond acceptors (Lipinski definition) is 5.